The molecular formula is C10H10Cl2O. The molecule has 0 bridgehead atoms. The number of hydrogen-bond donors (Lipinski definition) is 1. The van der Waals surface area contributed by atoms with Gasteiger partial charge in [0.05, 0.1) is 0 Å². The molecule has 0 aliphatic carbocycles. The van der Waals surface area contributed by atoms with Crippen molar-refractivity contribution in [1.29, 1.82) is 0 Å². The van der Waals surface area contributed by atoms with Crippen molar-refractivity contribution in [3.8, 4) is 5.75 Å². The molecule has 0 saturated carbocycles. The molecule has 70 valence electrons. The molecule has 0 aliphatic heterocycles. The third-order valence-corrected chi connectivity index (χ3v) is 2.08. The van der Waals surface area contributed by atoms with Gasteiger partial charge in [-0.05, 0) is 24.6 Å². The summed E-state index contributed by atoms with van der Waals surface area (Å²) in [4.78, 5) is 0. The predicted molar refractivity (Wildman–Crippen MR) is 57.6 cm³/mol. The highest BCUT2D eigenvalue weighted by Crippen LogP contribution is 2.27. The number of allylic oxidation sites excluding steroid dienone is 1. The SMILES string of the molecule is Cc1cc(Cl)cc(C=CCCl)c1O. The molecule has 1 rings (SSSR count). The fourth-order valence-corrected chi connectivity index (χ4v) is 1.43. The largest absolute Gasteiger partial charge is 0.507 e. The fraction of sp³-hybridized carbons (Fsp3) is 0.200. The summed E-state index contributed by atoms with van der Waals surface area (Å²) >= 11 is 11.3. The second-order valence-electron chi connectivity index (χ2n) is 2.72. The van der Waals surface area contributed by atoms with Gasteiger partial charge in [0.25, 0.3) is 0 Å². The number of rotatable bonds is 2. The molecule has 0 saturated heterocycles. The van der Waals surface area contributed by atoms with Crippen LogP contribution in [-0.2, 0) is 0 Å². The highest BCUT2D eigenvalue weighted by Gasteiger charge is 2.02. The Morgan fingerprint density at radius 2 is 2.15 bits per heavy atom. The second kappa shape index (κ2) is 4.54. The minimum absolute atomic E-state index is 0.255. The Morgan fingerprint density at radius 1 is 1.46 bits per heavy atom. The number of phenols is 1. The first-order chi connectivity index (χ1) is 6.15. The molecule has 1 nitrogen and oxygen atoms in total. The van der Waals surface area contributed by atoms with E-state index >= 15 is 0 Å². The molecule has 0 atom stereocenters. The minimum Gasteiger partial charge on any atom is -0.507 e. The van der Waals surface area contributed by atoms with Gasteiger partial charge in [-0.2, -0.15) is 0 Å². The van der Waals surface area contributed by atoms with Gasteiger partial charge in [-0.1, -0.05) is 23.8 Å². The van der Waals surface area contributed by atoms with Crippen molar-refractivity contribution in [3.63, 3.8) is 0 Å². The van der Waals surface area contributed by atoms with Gasteiger partial charge in [-0.15, -0.1) is 11.6 Å². The summed E-state index contributed by atoms with van der Waals surface area (Å²) in [6, 6.07) is 3.42. The molecule has 0 fully saturated rings. The zero-order valence-corrected chi connectivity index (χ0v) is 8.73. The van der Waals surface area contributed by atoms with Crippen LogP contribution in [0.5, 0.6) is 5.75 Å². The number of phenolic OH excluding ortho intramolecular Hbond substituents is 1. The average Bonchev–Trinajstić information content (AvgIpc) is 2.09. The Bertz CT molecular complexity index is 332. The van der Waals surface area contributed by atoms with Crippen LogP contribution in [0.4, 0.5) is 0 Å². The summed E-state index contributed by atoms with van der Waals surface area (Å²) in [6.07, 6.45) is 3.51. The summed E-state index contributed by atoms with van der Waals surface area (Å²) in [6.45, 7) is 1.80. The van der Waals surface area contributed by atoms with E-state index < -0.39 is 0 Å². The average molecular weight is 217 g/mol. The Labute approximate surface area is 87.6 Å². The number of benzene rings is 1. The molecular weight excluding hydrogens is 207 g/mol. The van der Waals surface area contributed by atoms with Crippen LogP contribution in [0.3, 0.4) is 0 Å². The van der Waals surface area contributed by atoms with E-state index in [9.17, 15) is 5.11 Å². The molecule has 0 spiro atoms. The van der Waals surface area contributed by atoms with Crippen LogP contribution < -0.4 is 0 Å². The molecule has 0 aliphatic rings. The molecule has 1 N–H and O–H groups in total. The number of halogens is 2. The maximum absolute atomic E-state index is 9.60. The van der Waals surface area contributed by atoms with Gasteiger partial charge in [0.2, 0.25) is 0 Å². The maximum Gasteiger partial charge on any atom is 0.125 e. The van der Waals surface area contributed by atoms with Crippen molar-refractivity contribution in [3.05, 3.63) is 34.4 Å². The second-order valence-corrected chi connectivity index (χ2v) is 3.46. The maximum atomic E-state index is 9.60. The topological polar surface area (TPSA) is 20.2 Å². The van der Waals surface area contributed by atoms with E-state index in [1.807, 2.05) is 0 Å². The van der Waals surface area contributed by atoms with Crippen molar-refractivity contribution in [2.24, 2.45) is 0 Å². The Hall–Kier alpha value is -0.660. The third kappa shape index (κ3) is 2.64. The van der Waals surface area contributed by atoms with Crippen LogP contribution in [0.1, 0.15) is 11.1 Å². The zero-order valence-electron chi connectivity index (χ0n) is 7.22. The van der Waals surface area contributed by atoms with Crippen molar-refractivity contribution in [1.82, 2.24) is 0 Å². The molecule has 1 aromatic carbocycles. The van der Waals surface area contributed by atoms with Crippen molar-refractivity contribution < 1.29 is 5.11 Å². The molecule has 0 aromatic heterocycles. The van der Waals surface area contributed by atoms with Crippen molar-refractivity contribution >= 4 is 29.3 Å². The lowest BCUT2D eigenvalue weighted by Crippen LogP contribution is -1.80. The first-order valence-corrected chi connectivity index (χ1v) is 4.78. The van der Waals surface area contributed by atoms with E-state index in [0.29, 0.717) is 16.5 Å². The standard InChI is InChI=1S/C10H10Cl2O/c1-7-5-9(12)6-8(10(7)13)3-2-4-11/h2-3,5-6,13H,4H2,1H3. The molecule has 0 radical (unpaired) electrons. The number of alkyl halides is 1. The highest BCUT2D eigenvalue weighted by molar-refractivity contribution is 6.30. The fourth-order valence-electron chi connectivity index (χ4n) is 1.06. The minimum atomic E-state index is 0.255. The first-order valence-electron chi connectivity index (χ1n) is 3.86. The van der Waals surface area contributed by atoms with Crippen LogP contribution >= 0.6 is 23.2 Å². The Morgan fingerprint density at radius 3 is 2.77 bits per heavy atom. The summed E-state index contributed by atoms with van der Waals surface area (Å²) in [7, 11) is 0. The van der Waals surface area contributed by atoms with Gasteiger partial charge < -0.3 is 5.11 Å². The Balaban J connectivity index is 3.12. The van der Waals surface area contributed by atoms with Gasteiger partial charge in [-0.3, -0.25) is 0 Å². The number of aryl methyl sites for hydroxylation is 1. The van der Waals surface area contributed by atoms with E-state index in [4.69, 9.17) is 23.2 Å². The van der Waals surface area contributed by atoms with Crippen LogP contribution in [0.15, 0.2) is 18.2 Å². The van der Waals surface area contributed by atoms with Crippen LogP contribution in [-0.4, -0.2) is 11.0 Å². The van der Waals surface area contributed by atoms with Crippen molar-refractivity contribution in [2.75, 3.05) is 5.88 Å². The summed E-state index contributed by atoms with van der Waals surface area (Å²) in [5, 5.41) is 10.2. The van der Waals surface area contributed by atoms with Crippen LogP contribution in [0.2, 0.25) is 5.02 Å². The van der Waals surface area contributed by atoms with E-state index in [-0.39, 0.29) is 5.75 Å². The molecule has 3 heteroatoms. The lowest BCUT2D eigenvalue weighted by Gasteiger charge is -2.03. The lowest BCUT2D eigenvalue weighted by atomic mass is 10.1. The van der Waals surface area contributed by atoms with Crippen LogP contribution in [0.25, 0.3) is 6.08 Å². The predicted octanol–water partition coefficient (Wildman–Crippen LogP) is 3.61. The summed E-state index contributed by atoms with van der Waals surface area (Å²) < 4.78 is 0. The molecule has 0 amide bonds. The highest BCUT2D eigenvalue weighted by atomic mass is 35.5. The molecule has 0 unspecified atom stereocenters. The van der Waals surface area contributed by atoms with Gasteiger partial charge in [0, 0.05) is 16.5 Å². The van der Waals surface area contributed by atoms with Gasteiger partial charge >= 0.3 is 0 Å². The molecule has 0 heterocycles. The molecule has 1 aromatic rings. The van der Waals surface area contributed by atoms with E-state index in [2.05, 4.69) is 0 Å². The zero-order chi connectivity index (χ0) is 9.84. The molecule has 13 heavy (non-hydrogen) atoms. The third-order valence-electron chi connectivity index (χ3n) is 1.68. The smallest absolute Gasteiger partial charge is 0.125 e. The quantitative estimate of drug-likeness (QED) is 0.750. The number of hydrogen-bond acceptors (Lipinski definition) is 1. The van der Waals surface area contributed by atoms with E-state index in [1.54, 1.807) is 31.2 Å². The summed E-state index contributed by atoms with van der Waals surface area (Å²) in [5.74, 6) is 0.677. The number of aromatic hydroxyl groups is 1. The van der Waals surface area contributed by atoms with E-state index in [0.717, 1.165) is 5.56 Å². The normalized spacial score (nSPS) is 11.0. The monoisotopic (exact) mass is 216 g/mol. The summed E-state index contributed by atoms with van der Waals surface area (Å²) in [5.41, 5.74) is 1.47. The first kappa shape index (κ1) is 10.4. The van der Waals surface area contributed by atoms with Crippen molar-refractivity contribution in [2.45, 2.75) is 6.92 Å². The Kier molecular flexibility index (Phi) is 3.64. The van der Waals surface area contributed by atoms with E-state index in [1.165, 1.54) is 0 Å². The van der Waals surface area contributed by atoms with Gasteiger partial charge in [0.1, 0.15) is 5.75 Å². The lowest BCUT2D eigenvalue weighted by molar-refractivity contribution is 0.470. The van der Waals surface area contributed by atoms with Crippen LogP contribution in [0, 0.1) is 6.92 Å². The van der Waals surface area contributed by atoms with Gasteiger partial charge in [0.15, 0.2) is 0 Å². The van der Waals surface area contributed by atoms with Gasteiger partial charge in [-0.25, -0.2) is 0 Å².